The van der Waals surface area contributed by atoms with Gasteiger partial charge in [-0.05, 0) is 44.8 Å². The smallest absolute Gasteiger partial charge is 0.240 e. The van der Waals surface area contributed by atoms with Crippen LogP contribution in [0.2, 0.25) is 0 Å². The fraction of sp³-hybridized carbons (Fsp3) is 0.867. The number of piperidine rings is 1. The molecule has 0 radical (unpaired) electrons. The molecule has 1 aromatic heterocycles. The molecule has 1 aromatic rings. The number of nitrogens with one attached hydrogen (secondary N) is 1. The van der Waals surface area contributed by atoms with Gasteiger partial charge < -0.3 is 9.84 Å². The van der Waals surface area contributed by atoms with E-state index in [4.69, 9.17) is 4.52 Å². The molecule has 2 rings (SSSR count). The summed E-state index contributed by atoms with van der Waals surface area (Å²) in [5, 5.41) is 7.48. The molecule has 2 heterocycles. The van der Waals surface area contributed by atoms with E-state index in [0.717, 1.165) is 63.2 Å². The third-order valence-corrected chi connectivity index (χ3v) is 4.05. The van der Waals surface area contributed by atoms with E-state index in [2.05, 4.69) is 34.2 Å². The van der Waals surface area contributed by atoms with E-state index in [1.54, 1.807) is 0 Å². The van der Waals surface area contributed by atoms with Crippen molar-refractivity contribution < 1.29 is 4.52 Å². The van der Waals surface area contributed by atoms with E-state index in [1.807, 2.05) is 0 Å². The molecular weight excluding hydrogens is 252 g/mol. The molecule has 0 amide bonds. The van der Waals surface area contributed by atoms with Crippen molar-refractivity contribution in [1.29, 1.82) is 0 Å². The minimum absolute atomic E-state index is 0.770. The number of hydrogen-bond donors (Lipinski definition) is 1. The number of rotatable bonds is 8. The molecule has 5 nitrogen and oxygen atoms in total. The van der Waals surface area contributed by atoms with Gasteiger partial charge in [0.1, 0.15) is 0 Å². The van der Waals surface area contributed by atoms with Crippen molar-refractivity contribution in [2.45, 2.75) is 52.5 Å². The minimum Gasteiger partial charge on any atom is -0.338 e. The molecule has 0 spiro atoms. The van der Waals surface area contributed by atoms with Gasteiger partial charge in [-0.2, -0.15) is 4.98 Å². The van der Waals surface area contributed by atoms with Gasteiger partial charge in [0.05, 0.1) is 6.54 Å². The Labute approximate surface area is 122 Å². The average molecular weight is 280 g/mol. The first-order valence-electron chi connectivity index (χ1n) is 8.06. The van der Waals surface area contributed by atoms with Gasteiger partial charge in [0, 0.05) is 13.0 Å². The Morgan fingerprint density at radius 3 is 2.80 bits per heavy atom. The van der Waals surface area contributed by atoms with Crippen molar-refractivity contribution in [3.8, 4) is 0 Å². The van der Waals surface area contributed by atoms with Gasteiger partial charge in [-0.15, -0.1) is 0 Å². The van der Waals surface area contributed by atoms with Crippen molar-refractivity contribution in [2.75, 3.05) is 26.2 Å². The second-order valence-electron chi connectivity index (χ2n) is 5.73. The van der Waals surface area contributed by atoms with Gasteiger partial charge in [0.2, 0.25) is 5.89 Å². The van der Waals surface area contributed by atoms with Crippen molar-refractivity contribution in [3.05, 3.63) is 11.7 Å². The molecular formula is C15H28N4O. The summed E-state index contributed by atoms with van der Waals surface area (Å²) in [7, 11) is 0. The van der Waals surface area contributed by atoms with Crippen molar-refractivity contribution in [1.82, 2.24) is 20.4 Å². The number of unbranched alkanes of at least 4 members (excludes halogenated alkanes) is 1. The molecule has 0 aromatic carbocycles. The minimum atomic E-state index is 0.770. The predicted molar refractivity (Wildman–Crippen MR) is 79.5 cm³/mol. The monoisotopic (exact) mass is 280 g/mol. The van der Waals surface area contributed by atoms with E-state index >= 15 is 0 Å². The second kappa shape index (κ2) is 8.37. The first kappa shape index (κ1) is 15.4. The van der Waals surface area contributed by atoms with Gasteiger partial charge in [-0.3, -0.25) is 4.90 Å². The van der Waals surface area contributed by atoms with Crippen molar-refractivity contribution in [3.63, 3.8) is 0 Å². The van der Waals surface area contributed by atoms with Crippen LogP contribution < -0.4 is 5.32 Å². The Morgan fingerprint density at radius 1 is 1.30 bits per heavy atom. The van der Waals surface area contributed by atoms with E-state index in [-0.39, 0.29) is 0 Å². The third-order valence-electron chi connectivity index (χ3n) is 4.05. The number of aryl methyl sites for hydroxylation is 1. The van der Waals surface area contributed by atoms with E-state index < -0.39 is 0 Å². The fourth-order valence-corrected chi connectivity index (χ4v) is 2.72. The van der Waals surface area contributed by atoms with Gasteiger partial charge in [0.15, 0.2) is 5.82 Å². The second-order valence-corrected chi connectivity index (χ2v) is 5.73. The first-order valence-corrected chi connectivity index (χ1v) is 8.06. The van der Waals surface area contributed by atoms with Crippen LogP contribution in [0.5, 0.6) is 0 Å². The van der Waals surface area contributed by atoms with Crippen molar-refractivity contribution in [2.24, 2.45) is 5.92 Å². The molecule has 0 atom stereocenters. The molecule has 1 aliphatic heterocycles. The Balaban J connectivity index is 1.80. The molecule has 20 heavy (non-hydrogen) atoms. The van der Waals surface area contributed by atoms with Crippen LogP contribution in [0.15, 0.2) is 4.52 Å². The molecule has 0 aliphatic carbocycles. The maximum Gasteiger partial charge on any atom is 0.240 e. The van der Waals surface area contributed by atoms with Gasteiger partial charge >= 0.3 is 0 Å². The highest BCUT2D eigenvalue weighted by atomic mass is 16.5. The highest BCUT2D eigenvalue weighted by Crippen LogP contribution is 2.15. The summed E-state index contributed by atoms with van der Waals surface area (Å²) in [6, 6.07) is 0. The van der Waals surface area contributed by atoms with Gasteiger partial charge in [0.25, 0.3) is 0 Å². The summed E-state index contributed by atoms with van der Waals surface area (Å²) in [5.74, 6) is 2.44. The zero-order chi connectivity index (χ0) is 14.2. The normalized spacial score (nSPS) is 16.9. The molecule has 114 valence electrons. The maximum absolute atomic E-state index is 5.37. The number of aromatic nitrogens is 2. The Bertz CT molecular complexity index is 374. The van der Waals surface area contributed by atoms with Crippen LogP contribution in [0.4, 0.5) is 0 Å². The maximum atomic E-state index is 5.37. The van der Waals surface area contributed by atoms with Gasteiger partial charge in [-0.25, -0.2) is 0 Å². The topological polar surface area (TPSA) is 54.2 Å². The van der Waals surface area contributed by atoms with Crippen LogP contribution in [-0.4, -0.2) is 41.2 Å². The molecule has 0 saturated carbocycles. The SMILES string of the molecule is CCCCc1noc(CN(CC)CC2CCNCC2)n1. The highest BCUT2D eigenvalue weighted by Gasteiger charge is 2.18. The number of nitrogens with zero attached hydrogens (tertiary/aromatic N) is 3. The number of hydrogen-bond acceptors (Lipinski definition) is 5. The molecule has 1 fully saturated rings. The zero-order valence-electron chi connectivity index (χ0n) is 12.9. The summed E-state index contributed by atoms with van der Waals surface area (Å²) in [5.41, 5.74) is 0. The molecule has 5 heteroatoms. The molecule has 1 saturated heterocycles. The molecule has 1 aliphatic rings. The van der Waals surface area contributed by atoms with Crippen LogP contribution >= 0.6 is 0 Å². The predicted octanol–water partition coefficient (Wildman–Crippen LogP) is 2.23. The van der Waals surface area contributed by atoms with Crippen LogP contribution in [0.1, 0.15) is 51.2 Å². The van der Waals surface area contributed by atoms with Crippen molar-refractivity contribution >= 4 is 0 Å². The quantitative estimate of drug-likeness (QED) is 0.791. The summed E-state index contributed by atoms with van der Waals surface area (Å²) >= 11 is 0. The third kappa shape index (κ3) is 4.87. The zero-order valence-corrected chi connectivity index (χ0v) is 12.9. The Hall–Kier alpha value is -0.940. The largest absolute Gasteiger partial charge is 0.338 e. The average Bonchev–Trinajstić information content (AvgIpc) is 2.93. The molecule has 0 unspecified atom stereocenters. The summed E-state index contributed by atoms with van der Waals surface area (Å²) in [6.45, 7) is 9.67. The molecule has 1 N–H and O–H groups in total. The lowest BCUT2D eigenvalue weighted by molar-refractivity contribution is 0.185. The first-order chi connectivity index (χ1) is 9.81. The molecule has 0 bridgehead atoms. The summed E-state index contributed by atoms with van der Waals surface area (Å²) in [4.78, 5) is 6.92. The standard InChI is InChI=1S/C15H28N4O/c1-3-5-6-14-17-15(20-18-14)12-19(4-2)11-13-7-9-16-10-8-13/h13,16H,3-12H2,1-2H3. The Morgan fingerprint density at radius 2 is 2.10 bits per heavy atom. The fourth-order valence-electron chi connectivity index (χ4n) is 2.72. The van der Waals surface area contributed by atoms with E-state index in [0.29, 0.717) is 0 Å². The van der Waals surface area contributed by atoms with Crippen LogP contribution in [0.3, 0.4) is 0 Å². The van der Waals surface area contributed by atoms with Crippen LogP contribution in [0, 0.1) is 5.92 Å². The lowest BCUT2D eigenvalue weighted by Crippen LogP contribution is -2.36. The summed E-state index contributed by atoms with van der Waals surface area (Å²) in [6.07, 6.45) is 5.79. The van der Waals surface area contributed by atoms with Crippen LogP contribution in [0.25, 0.3) is 0 Å². The Kier molecular flexibility index (Phi) is 6.47. The van der Waals surface area contributed by atoms with Gasteiger partial charge in [-0.1, -0.05) is 25.4 Å². The van der Waals surface area contributed by atoms with E-state index in [1.165, 1.54) is 19.3 Å². The van der Waals surface area contributed by atoms with Crippen LogP contribution in [-0.2, 0) is 13.0 Å². The summed E-state index contributed by atoms with van der Waals surface area (Å²) < 4.78 is 5.37. The lowest BCUT2D eigenvalue weighted by Gasteiger charge is -2.28. The highest BCUT2D eigenvalue weighted by molar-refractivity contribution is 4.87. The lowest BCUT2D eigenvalue weighted by atomic mass is 9.97. The van der Waals surface area contributed by atoms with E-state index in [9.17, 15) is 0 Å².